The van der Waals surface area contributed by atoms with Crippen LogP contribution in [-0.2, 0) is 17.1 Å². The first-order valence-electron chi connectivity index (χ1n) is 6.63. The first-order valence-corrected chi connectivity index (χ1v) is 6.63. The molecule has 2 nitrogen and oxygen atoms in total. The molecule has 8 heteroatoms. The van der Waals surface area contributed by atoms with Gasteiger partial charge >= 0.3 is 12.4 Å². The van der Waals surface area contributed by atoms with Crippen LogP contribution in [0.25, 0.3) is 0 Å². The van der Waals surface area contributed by atoms with Gasteiger partial charge in [0.25, 0.3) is 0 Å². The van der Waals surface area contributed by atoms with Crippen LogP contribution in [0.5, 0.6) is 0 Å². The monoisotopic (exact) mass is 347 g/mol. The van der Waals surface area contributed by atoms with E-state index in [9.17, 15) is 31.1 Å². The van der Waals surface area contributed by atoms with Crippen molar-refractivity contribution in [1.29, 1.82) is 0 Å². The van der Waals surface area contributed by atoms with Crippen molar-refractivity contribution < 1.29 is 31.1 Å². The van der Waals surface area contributed by atoms with Gasteiger partial charge in [-0.2, -0.15) is 26.3 Å². The van der Waals surface area contributed by atoms with Gasteiger partial charge in [0.1, 0.15) is 0 Å². The predicted molar refractivity (Wildman–Crippen MR) is 75.8 cm³/mol. The van der Waals surface area contributed by atoms with Gasteiger partial charge < -0.3 is 0 Å². The van der Waals surface area contributed by atoms with E-state index >= 15 is 0 Å². The molecule has 0 saturated carbocycles. The molecule has 0 atom stereocenters. The molecule has 0 unspecified atom stereocenters. The maximum absolute atomic E-state index is 12.9. The lowest BCUT2D eigenvalue weighted by Gasteiger charge is -2.21. The molecule has 0 spiro atoms. The van der Waals surface area contributed by atoms with Gasteiger partial charge in [-0.25, -0.2) is 0 Å². The van der Waals surface area contributed by atoms with Crippen LogP contribution in [0.4, 0.5) is 37.7 Å². The topological polar surface area (TPSA) is 20.3 Å². The predicted octanol–water partition coefficient (Wildman–Crippen LogP) is 5.33. The maximum Gasteiger partial charge on any atom is 0.416 e. The van der Waals surface area contributed by atoms with Gasteiger partial charge in [-0.05, 0) is 42.8 Å². The van der Waals surface area contributed by atoms with Crippen molar-refractivity contribution in [2.75, 3.05) is 4.90 Å². The van der Waals surface area contributed by atoms with Gasteiger partial charge in [0.15, 0.2) is 0 Å². The van der Waals surface area contributed by atoms with Crippen molar-refractivity contribution in [3.05, 3.63) is 59.2 Å². The third-order valence-electron chi connectivity index (χ3n) is 3.24. The summed E-state index contributed by atoms with van der Waals surface area (Å²) in [5, 5.41) is 0. The van der Waals surface area contributed by atoms with Crippen LogP contribution >= 0.6 is 0 Å². The van der Waals surface area contributed by atoms with Crippen molar-refractivity contribution in [1.82, 2.24) is 0 Å². The smallest absolute Gasteiger partial charge is 0.284 e. The zero-order valence-corrected chi connectivity index (χ0v) is 12.2. The maximum atomic E-state index is 12.9. The van der Waals surface area contributed by atoms with E-state index in [1.165, 1.54) is 12.1 Å². The minimum Gasteiger partial charge on any atom is -0.284 e. The van der Waals surface area contributed by atoms with Crippen LogP contribution in [0.1, 0.15) is 16.7 Å². The number of amides is 1. The van der Waals surface area contributed by atoms with Gasteiger partial charge in [0, 0.05) is 11.4 Å². The van der Waals surface area contributed by atoms with E-state index in [1.54, 1.807) is 19.1 Å². The summed E-state index contributed by atoms with van der Waals surface area (Å²) in [5.74, 6) is 0. The molecule has 0 heterocycles. The second-order valence-corrected chi connectivity index (χ2v) is 5.08. The number of alkyl halides is 6. The second-order valence-electron chi connectivity index (χ2n) is 5.08. The fourth-order valence-corrected chi connectivity index (χ4v) is 2.13. The summed E-state index contributed by atoms with van der Waals surface area (Å²) in [6.07, 6.45) is -9.78. The Morgan fingerprint density at radius 1 is 0.833 bits per heavy atom. The molecular formula is C16H11F6NO. The van der Waals surface area contributed by atoms with Gasteiger partial charge in [-0.1, -0.05) is 12.1 Å². The first kappa shape index (κ1) is 17.8. The lowest BCUT2D eigenvalue weighted by molar-refractivity contribution is -0.143. The molecule has 0 N–H and O–H groups in total. The molecule has 0 fully saturated rings. The molecule has 2 aromatic rings. The summed E-state index contributed by atoms with van der Waals surface area (Å²) in [5.41, 5.74) is -2.61. The van der Waals surface area contributed by atoms with Crippen LogP contribution < -0.4 is 4.90 Å². The van der Waals surface area contributed by atoms with E-state index in [2.05, 4.69) is 0 Å². The standard InChI is InChI=1S/C16H11F6NO/c1-10-3-2-4-13(5-10)23(9-24)14-7-11(15(17,18)19)6-12(8-14)16(20,21)22/h2-9H,1H3. The van der Waals surface area contributed by atoms with Gasteiger partial charge in [0.2, 0.25) is 6.41 Å². The summed E-state index contributed by atoms with van der Waals surface area (Å²) in [6, 6.07) is 7.14. The molecule has 0 bridgehead atoms. The van der Waals surface area contributed by atoms with Crippen LogP contribution in [0.3, 0.4) is 0 Å². The van der Waals surface area contributed by atoms with Crippen LogP contribution in [0, 0.1) is 6.92 Å². The Bertz CT molecular complexity index is 719. The minimum absolute atomic E-state index is 0.0166. The number of nitrogens with zero attached hydrogens (tertiary/aromatic N) is 1. The van der Waals surface area contributed by atoms with Crippen LogP contribution in [0.15, 0.2) is 42.5 Å². The highest BCUT2D eigenvalue weighted by Gasteiger charge is 2.37. The Hall–Kier alpha value is -2.51. The van der Waals surface area contributed by atoms with Gasteiger partial charge in [-0.15, -0.1) is 0 Å². The molecule has 0 aromatic heterocycles. The average molecular weight is 347 g/mol. The van der Waals surface area contributed by atoms with Crippen molar-refractivity contribution in [3.63, 3.8) is 0 Å². The molecule has 0 aliphatic heterocycles. The van der Waals surface area contributed by atoms with E-state index in [1.807, 2.05) is 0 Å². The Morgan fingerprint density at radius 2 is 1.38 bits per heavy atom. The zero-order chi connectivity index (χ0) is 18.1. The lowest BCUT2D eigenvalue weighted by Crippen LogP contribution is -2.18. The fourth-order valence-electron chi connectivity index (χ4n) is 2.13. The van der Waals surface area contributed by atoms with E-state index < -0.39 is 29.2 Å². The lowest BCUT2D eigenvalue weighted by atomic mass is 10.1. The fraction of sp³-hybridized carbons (Fsp3) is 0.188. The van der Waals surface area contributed by atoms with Crippen molar-refractivity contribution >= 4 is 17.8 Å². The largest absolute Gasteiger partial charge is 0.416 e. The highest BCUT2D eigenvalue weighted by Crippen LogP contribution is 2.39. The van der Waals surface area contributed by atoms with E-state index in [-0.39, 0.29) is 18.2 Å². The minimum atomic E-state index is -4.98. The van der Waals surface area contributed by atoms with Gasteiger partial charge in [-0.3, -0.25) is 9.69 Å². The number of hydrogen-bond donors (Lipinski definition) is 0. The first-order chi connectivity index (χ1) is 11.0. The van der Waals surface area contributed by atoms with E-state index in [0.29, 0.717) is 17.7 Å². The normalized spacial score (nSPS) is 12.1. The second kappa shape index (κ2) is 6.18. The van der Waals surface area contributed by atoms with Gasteiger partial charge in [0.05, 0.1) is 11.1 Å². The Morgan fingerprint density at radius 3 is 1.79 bits per heavy atom. The van der Waals surface area contributed by atoms with Crippen molar-refractivity contribution in [2.24, 2.45) is 0 Å². The quantitative estimate of drug-likeness (QED) is 0.543. The number of hydrogen-bond acceptors (Lipinski definition) is 1. The van der Waals surface area contributed by atoms with Crippen molar-refractivity contribution in [2.45, 2.75) is 19.3 Å². The molecule has 1 amide bonds. The molecule has 0 saturated heterocycles. The number of aryl methyl sites for hydroxylation is 1. The third kappa shape index (κ3) is 3.87. The summed E-state index contributed by atoms with van der Waals surface area (Å²) < 4.78 is 77.4. The van der Waals surface area contributed by atoms with E-state index in [4.69, 9.17) is 0 Å². The van der Waals surface area contributed by atoms with Crippen molar-refractivity contribution in [3.8, 4) is 0 Å². The summed E-state index contributed by atoms with van der Waals surface area (Å²) in [7, 11) is 0. The Kier molecular flexibility index (Phi) is 4.59. The van der Waals surface area contributed by atoms with Crippen LogP contribution in [0.2, 0.25) is 0 Å². The summed E-state index contributed by atoms with van der Waals surface area (Å²) in [6.45, 7) is 1.68. The number of carbonyl (C=O) groups is 1. The molecule has 0 aliphatic carbocycles. The SMILES string of the molecule is Cc1cccc(N(C=O)c2cc(C(F)(F)F)cc(C(F)(F)F)c2)c1. The number of carbonyl (C=O) groups excluding carboxylic acids is 1. The third-order valence-corrected chi connectivity index (χ3v) is 3.24. The molecule has 2 aromatic carbocycles. The number of halogens is 6. The molecule has 0 aliphatic rings. The van der Waals surface area contributed by atoms with Crippen LogP contribution in [-0.4, -0.2) is 6.41 Å². The molecular weight excluding hydrogens is 336 g/mol. The molecule has 128 valence electrons. The van der Waals surface area contributed by atoms with E-state index in [0.717, 1.165) is 4.90 Å². The number of rotatable bonds is 3. The molecule has 24 heavy (non-hydrogen) atoms. The highest BCUT2D eigenvalue weighted by atomic mass is 19.4. The molecule has 0 radical (unpaired) electrons. The highest BCUT2D eigenvalue weighted by molar-refractivity contribution is 5.87. The summed E-state index contributed by atoms with van der Waals surface area (Å²) in [4.78, 5) is 12.0. The summed E-state index contributed by atoms with van der Waals surface area (Å²) >= 11 is 0. The number of benzene rings is 2. The average Bonchev–Trinajstić information content (AvgIpc) is 2.46. The Labute approximate surface area is 133 Å². The Balaban J connectivity index is 2.65. The zero-order valence-electron chi connectivity index (χ0n) is 12.2. The molecule has 2 rings (SSSR count). The number of anilines is 2.